The summed E-state index contributed by atoms with van der Waals surface area (Å²) in [4.78, 5) is 14.3. The number of anilines is 1. The topological polar surface area (TPSA) is 58.4 Å². The monoisotopic (exact) mass is 375 g/mol. The summed E-state index contributed by atoms with van der Waals surface area (Å²) in [5.41, 5.74) is 6.85. The van der Waals surface area contributed by atoms with Gasteiger partial charge in [-0.2, -0.15) is 0 Å². The Morgan fingerprint density at radius 2 is 2.10 bits per heavy atom. The molecule has 1 aliphatic heterocycles. The quantitative estimate of drug-likeness (QED) is 0.849. The van der Waals surface area contributed by atoms with E-state index in [1.807, 2.05) is 31.2 Å². The molecule has 21 heavy (non-hydrogen) atoms. The van der Waals surface area contributed by atoms with Gasteiger partial charge in [0, 0.05) is 22.2 Å². The third kappa shape index (κ3) is 5.58. The van der Waals surface area contributed by atoms with Gasteiger partial charge >= 0.3 is 0 Å². The molecule has 1 amide bonds. The molecule has 0 bridgehead atoms. The second kappa shape index (κ2) is 8.73. The Morgan fingerprint density at radius 1 is 1.43 bits per heavy atom. The number of nitrogens with zero attached hydrogens (tertiary/aromatic N) is 1. The second-order valence-corrected chi connectivity index (χ2v) is 6.36. The highest BCUT2D eigenvalue weighted by atomic mass is 79.9. The van der Waals surface area contributed by atoms with Gasteiger partial charge in [-0.3, -0.25) is 9.69 Å². The molecule has 0 saturated carbocycles. The van der Waals surface area contributed by atoms with Crippen molar-refractivity contribution in [1.82, 2.24) is 4.90 Å². The summed E-state index contributed by atoms with van der Waals surface area (Å²) in [7, 11) is 0. The van der Waals surface area contributed by atoms with E-state index in [4.69, 9.17) is 5.73 Å². The Kier molecular flexibility index (Phi) is 7.66. The molecule has 118 valence electrons. The van der Waals surface area contributed by atoms with Gasteiger partial charge < -0.3 is 11.1 Å². The maximum absolute atomic E-state index is 12.1. The second-order valence-electron chi connectivity index (χ2n) is 5.45. The number of nitrogens with two attached hydrogens (primary N) is 1. The van der Waals surface area contributed by atoms with Gasteiger partial charge in [0.05, 0.1) is 6.54 Å². The standard InChI is InChI=1S/C15H22BrN3O.ClH/c1-11(17)14-4-2-3-9-19(14)10-15(20)18-13-7-5-12(16)6-8-13;/h5-8,11,14H,2-4,9-10,17H2,1H3,(H,18,20);1H. The Labute approximate surface area is 141 Å². The number of halogens is 2. The van der Waals surface area contributed by atoms with Crippen LogP contribution in [-0.2, 0) is 4.79 Å². The molecule has 0 radical (unpaired) electrons. The number of carbonyl (C=O) groups is 1. The van der Waals surface area contributed by atoms with E-state index in [2.05, 4.69) is 26.1 Å². The lowest BCUT2D eigenvalue weighted by Crippen LogP contribution is -2.51. The third-order valence-electron chi connectivity index (χ3n) is 3.75. The molecule has 2 rings (SSSR count). The minimum absolute atomic E-state index is 0. The molecular formula is C15H23BrClN3O. The molecule has 2 unspecified atom stereocenters. The average Bonchev–Trinajstić information content (AvgIpc) is 2.41. The smallest absolute Gasteiger partial charge is 0.238 e. The molecule has 4 nitrogen and oxygen atoms in total. The summed E-state index contributed by atoms with van der Waals surface area (Å²) in [5, 5.41) is 2.93. The highest BCUT2D eigenvalue weighted by Crippen LogP contribution is 2.19. The molecule has 1 fully saturated rings. The molecule has 1 heterocycles. The summed E-state index contributed by atoms with van der Waals surface area (Å²) < 4.78 is 1.00. The van der Waals surface area contributed by atoms with Crippen molar-refractivity contribution in [2.75, 3.05) is 18.4 Å². The van der Waals surface area contributed by atoms with Crippen molar-refractivity contribution in [2.24, 2.45) is 5.73 Å². The van der Waals surface area contributed by atoms with Crippen LogP contribution in [0.3, 0.4) is 0 Å². The van der Waals surface area contributed by atoms with Gasteiger partial charge in [0.25, 0.3) is 0 Å². The highest BCUT2D eigenvalue weighted by Gasteiger charge is 2.26. The number of amides is 1. The lowest BCUT2D eigenvalue weighted by molar-refractivity contribution is -0.118. The van der Waals surface area contributed by atoms with Crippen LogP contribution in [0.2, 0.25) is 0 Å². The van der Waals surface area contributed by atoms with Crippen molar-refractivity contribution in [2.45, 2.75) is 38.3 Å². The molecule has 3 N–H and O–H groups in total. The number of hydrogen-bond acceptors (Lipinski definition) is 3. The van der Waals surface area contributed by atoms with Crippen molar-refractivity contribution in [1.29, 1.82) is 0 Å². The maximum Gasteiger partial charge on any atom is 0.238 e. The van der Waals surface area contributed by atoms with Gasteiger partial charge in [0.15, 0.2) is 0 Å². The molecule has 0 spiro atoms. The fourth-order valence-corrected chi connectivity index (χ4v) is 2.99. The first-order valence-electron chi connectivity index (χ1n) is 7.11. The number of carbonyl (C=O) groups excluding carboxylic acids is 1. The van der Waals surface area contributed by atoms with E-state index < -0.39 is 0 Å². The Bertz CT molecular complexity index is 453. The number of rotatable bonds is 4. The first kappa shape index (κ1) is 18.4. The summed E-state index contributed by atoms with van der Waals surface area (Å²) in [5.74, 6) is 0.0277. The number of nitrogens with one attached hydrogen (secondary N) is 1. The van der Waals surface area contributed by atoms with E-state index in [1.165, 1.54) is 6.42 Å². The van der Waals surface area contributed by atoms with Gasteiger partial charge in [-0.15, -0.1) is 12.4 Å². The van der Waals surface area contributed by atoms with E-state index in [1.54, 1.807) is 0 Å². The lowest BCUT2D eigenvalue weighted by atomic mass is 9.97. The van der Waals surface area contributed by atoms with E-state index in [0.717, 1.165) is 29.5 Å². The largest absolute Gasteiger partial charge is 0.327 e. The summed E-state index contributed by atoms with van der Waals surface area (Å²) >= 11 is 3.38. The molecular weight excluding hydrogens is 354 g/mol. The van der Waals surface area contributed by atoms with E-state index in [0.29, 0.717) is 12.6 Å². The van der Waals surface area contributed by atoms with Crippen molar-refractivity contribution in [3.63, 3.8) is 0 Å². The first-order chi connectivity index (χ1) is 9.56. The molecule has 1 aromatic carbocycles. The van der Waals surface area contributed by atoms with Gasteiger partial charge in [-0.1, -0.05) is 22.4 Å². The zero-order chi connectivity index (χ0) is 14.5. The minimum atomic E-state index is 0. The summed E-state index contributed by atoms with van der Waals surface area (Å²) in [6.45, 7) is 3.40. The van der Waals surface area contributed by atoms with E-state index in [9.17, 15) is 4.79 Å². The average molecular weight is 377 g/mol. The van der Waals surface area contributed by atoms with Crippen LogP contribution < -0.4 is 11.1 Å². The van der Waals surface area contributed by atoms with Crippen LogP contribution in [0, 0.1) is 0 Å². The Hall–Kier alpha value is -0.620. The highest BCUT2D eigenvalue weighted by molar-refractivity contribution is 9.10. The van der Waals surface area contributed by atoms with Gasteiger partial charge in [0.1, 0.15) is 0 Å². The maximum atomic E-state index is 12.1. The first-order valence-corrected chi connectivity index (χ1v) is 7.90. The van der Waals surface area contributed by atoms with Gasteiger partial charge in [-0.05, 0) is 50.6 Å². The fraction of sp³-hybridized carbons (Fsp3) is 0.533. The predicted molar refractivity (Wildman–Crippen MR) is 92.9 cm³/mol. The third-order valence-corrected chi connectivity index (χ3v) is 4.27. The molecule has 1 saturated heterocycles. The van der Waals surface area contributed by atoms with Crippen LogP contribution in [0.4, 0.5) is 5.69 Å². The lowest BCUT2D eigenvalue weighted by Gasteiger charge is -2.37. The van der Waals surface area contributed by atoms with Gasteiger partial charge in [0.2, 0.25) is 5.91 Å². The number of benzene rings is 1. The Balaban J connectivity index is 0.00000220. The number of piperidine rings is 1. The van der Waals surface area contributed by atoms with E-state index >= 15 is 0 Å². The number of hydrogen-bond donors (Lipinski definition) is 2. The molecule has 6 heteroatoms. The van der Waals surface area contributed by atoms with Crippen LogP contribution in [0.5, 0.6) is 0 Å². The van der Waals surface area contributed by atoms with Crippen LogP contribution in [0.15, 0.2) is 28.7 Å². The molecule has 0 aliphatic carbocycles. The molecule has 1 aromatic rings. The molecule has 2 atom stereocenters. The zero-order valence-electron chi connectivity index (χ0n) is 12.2. The summed E-state index contributed by atoms with van der Waals surface area (Å²) in [6, 6.07) is 8.04. The van der Waals surface area contributed by atoms with Crippen molar-refractivity contribution < 1.29 is 4.79 Å². The number of likely N-dealkylation sites (tertiary alicyclic amines) is 1. The summed E-state index contributed by atoms with van der Waals surface area (Å²) in [6.07, 6.45) is 3.44. The van der Waals surface area contributed by atoms with Crippen LogP contribution in [0.25, 0.3) is 0 Å². The zero-order valence-corrected chi connectivity index (χ0v) is 14.6. The van der Waals surface area contributed by atoms with Crippen molar-refractivity contribution in [3.8, 4) is 0 Å². The van der Waals surface area contributed by atoms with Gasteiger partial charge in [-0.25, -0.2) is 0 Å². The van der Waals surface area contributed by atoms with Crippen LogP contribution >= 0.6 is 28.3 Å². The fourth-order valence-electron chi connectivity index (χ4n) is 2.73. The Morgan fingerprint density at radius 3 is 2.71 bits per heavy atom. The minimum Gasteiger partial charge on any atom is -0.327 e. The molecule has 0 aromatic heterocycles. The molecule has 1 aliphatic rings. The van der Waals surface area contributed by atoms with Crippen LogP contribution in [-0.4, -0.2) is 36.0 Å². The van der Waals surface area contributed by atoms with Crippen LogP contribution in [0.1, 0.15) is 26.2 Å². The van der Waals surface area contributed by atoms with E-state index in [-0.39, 0.29) is 24.4 Å². The predicted octanol–water partition coefficient (Wildman–Crippen LogP) is 3.01. The van der Waals surface area contributed by atoms with Crippen molar-refractivity contribution >= 4 is 39.9 Å². The van der Waals surface area contributed by atoms with Crippen molar-refractivity contribution in [3.05, 3.63) is 28.7 Å². The SMILES string of the molecule is CC(N)C1CCCCN1CC(=O)Nc1ccc(Br)cc1.Cl. The normalized spacial score (nSPS) is 20.4.